The van der Waals surface area contributed by atoms with Gasteiger partial charge in [0.25, 0.3) is 0 Å². The largest absolute Gasteiger partial charge is 0.494 e. The fraction of sp³-hybridized carbons (Fsp3) is 0.200. The van der Waals surface area contributed by atoms with E-state index in [4.69, 9.17) is 15.2 Å². The number of hydrogen-bond acceptors (Lipinski definition) is 5. The highest BCUT2D eigenvalue weighted by atomic mass is 16.5. The highest BCUT2D eigenvalue weighted by Gasteiger charge is 2.13. The van der Waals surface area contributed by atoms with E-state index in [1.165, 1.54) is 0 Å². The Morgan fingerprint density at radius 2 is 2.05 bits per heavy atom. The number of nitrogen functional groups attached to an aromatic ring is 1. The van der Waals surface area contributed by atoms with E-state index in [0.717, 1.165) is 16.7 Å². The number of rotatable bonds is 3. The predicted octanol–water partition coefficient (Wildman–Crippen LogP) is 2.15. The second-order valence-corrected chi connectivity index (χ2v) is 4.47. The molecule has 20 heavy (non-hydrogen) atoms. The molecule has 1 aliphatic rings. The Morgan fingerprint density at radius 1 is 1.25 bits per heavy atom. The zero-order valence-electron chi connectivity index (χ0n) is 11.2. The fourth-order valence-electron chi connectivity index (χ4n) is 2.18. The lowest BCUT2D eigenvalue weighted by molar-refractivity contribution is 0.216. The molecule has 0 aliphatic carbocycles. The summed E-state index contributed by atoms with van der Waals surface area (Å²) < 4.78 is 10.6. The molecule has 2 N–H and O–H groups in total. The summed E-state index contributed by atoms with van der Waals surface area (Å²) >= 11 is 0. The van der Waals surface area contributed by atoms with Crippen LogP contribution in [0.25, 0.3) is 17.0 Å². The van der Waals surface area contributed by atoms with Gasteiger partial charge < -0.3 is 15.2 Å². The molecule has 2 heterocycles. The third-order valence-electron chi connectivity index (χ3n) is 3.22. The molecule has 1 aromatic heterocycles. The van der Waals surface area contributed by atoms with Crippen LogP contribution in [-0.4, -0.2) is 30.3 Å². The van der Waals surface area contributed by atoms with Crippen molar-refractivity contribution in [2.75, 3.05) is 26.1 Å². The highest BCUT2D eigenvalue weighted by Crippen LogP contribution is 2.32. The molecule has 3 rings (SSSR count). The molecule has 0 bridgehead atoms. The maximum absolute atomic E-state index is 5.89. The number of aromatic nitrogens is 2. The van der Waals surface area contributed by atoms with Crippen LogP contribution in [0.15, 0.2) is 36.7 Å². The van der Waals surface area contributed by atoms with Crippen molar-refractivity contribution in [2.24, 2.45) is 0 Å². The lowest BCUT2D eigenvalue weighted by Gasteiger charge is -2.10. The van der Waals surface area contributed by atoms with Gasteiger partial charge in [-0.1, -0.05) is 12.1 Å². The number of nitrogens with zero attached hydrogens (tertiary/aromatic N) is 2. The van der Waals surface area contributed by atoms with Crippen molar-refractivity contribution >= 4 is 11.3 Å². The number of benzene rings is 1. The van der Waals surface area contributed by atoms with E-state index < -0.39 is 0 Å². The summed E-state index contributed by atoms with van der Waals surface area (Å²) in [6, 6.07) is 5.54. The van der Waals surface area contributed by atoms with E-state index in [9.17, 15) is 0 Å². The van der Waals surface area contributed by atoms with Gasteiger partial charge in [-0.15, -0.1) is 0 Å². The molecule has 0 radical (unpaired) electrons. The molecule has 0 unspecified atom stereocenters. The normalized spacial score (nSPS) is 14.2. The van der Waals surface area contributed by atoms with Crippen molar-refractivity contribution in [1.29, 1.82) is 0 Å². The Kier molecular flexibility index (Phi) is 3.35. The smallest absolute Gasteiger partial charge is 0.162 e. The van der Waals surface area contributed by atoms with E-state index in [-0.39, 0.29) is 0 Å². The van der Waals surface area contributed by atoms with Crippen LogP contribution in [0.1, 0.15) is 5.56 Å². The van der Waals surface area contributed by atoms with Crippen molar-refractivity contribution in [3.8, 4) is 17.1 Å². The third kappa shape index (κ3) is 2.23. The lowest BCUT2D eigenvalue weighted by Crippen LogP contribution is -1.98. The van der Waals surface area contributed by atoms with Gasteiger partial charge in [-0.2, -0.15) is 0 Å². The average Bonchev–Trinajstić information content (AvgIpc) is 3.01. The average molecular weight is 269 g/mol. The summed E-state index contributed by atoms with van der Waals surface area (Å²) in [4.78, 5) is 8.80. The SMILES string of the molecule is COc1c(N)cccc1-c1ncc(C2=CCOC2)cn1. The van der Waals surface area contributed by atoms with Gasteiger partial charge in [0.15, 0.2) is 11.6 Å². The van der Waals surface area contributed by atoms with Gasteiger partial charge in [-0.25, -0.2) is 9.97 Å². The minimum atomic E-state index is 0.574. The van der Waals surface area contributed by atoms with Crippen molar-refractivity contribution < 1.29 is 9.47 Å². The Labute approximate surface area is 117 Å². The maximum Gasteiger partial charge on any atom is 0.162 e. The number of methoxy groups -OCH3 is 1. The Morgan fingerprint density at radius 3 is 2.70 bits per heavy atom. The van der Waals surface area contributed by atoms with Gasteiger partial charge in [0.05, 0.1) is 31.6 Å². The van der Waals surface area contributed by atoms with Crippen LogP contribution in [0, 0.1) is 0 Å². The van der Waals surface area contributed by atoms with Crippen molar-refractivity contribution in [3.63, 3.8) is 0 Å². The molecular weight excluding hydrogens is 254 g/mol. The molecule has 0 amide bonds. The van der Waals surface area contributed by atoms with E-state index >= 15 is 0 Å². The molecule has 1 aromatic carbocycles. The number of para-hydroxylation sites is 1. The minimum absolute atomic E-state index is 0.574. The fourth-order valence-corrected chi connectivity index (χ4v) is 2.18. The van der Waals surface area contributed by atoms with E-state index in [2.05, 4.69) is 9.97 Å². The Hall–Kier alpha value is -2.40. The van der Waals surface area contributed by atoms with Gasteiger partial charge in [0.2, 0.25) is 0 Å². The van der Waals surface area contributed by atoms with Gasteiger partial charge in [0, 0.05) is 18.0 Å². The summed E-state index contributed by atoms with van der Waals surface area (Å²) in [6.45, 7) is 1.27. The summed E-state index contributed by atoms with van der Waals surface area (Å²) in [6.07, 6.45) is 5.64. The van der Waals surface area contributed by atoms with Crippen LogP contribution < -0.4 is 10.5 Å². The summed E-state index contributed by atoms with van der Waals surface area (Å²) in [5.74, 6) is 1.20. The van der Waals surface area contributed by atoms with Gasteiger partial charge in [0.1, 0.15) is 0 Å². The number of hydrogen-bond donors (Lipinski definition) is 1. The number of ether oxygens (including phenoxy) is 2. The van der Waals surface area contributed by atoms with Gasteiger partial charge in [-0.3, -0.25) is 0 Å². The van der Waals surface area contributed by atoms with E-state index in [0.29, 0.717) is 30.5 Å². The molecule has 5 heteroatoms. The molecule has 102 valence electrons. The molecule has 2 aromatic rings. The predicted molar refractivity (Wildman–Crippen MR) is 77.2 cm³/mol. The Bertz CT molecular complexity index is 651. The molecule has 0 atom stereocenters. The Balaban J connectivity index is 1.97. The molecule has 0 saturated carbocycles. The first-order valence-corrected chi connectivity index (χ1v) is 6.31. The standard InChI is InChI=1S/C15H15N3O2/c1-19-14-12(3-2-4-13(14)16)15-17-7-11(8-18-15)10-5-6-20-9-10/h2-5,7-8H,6,9,16H2,1H3. The number of nitrogens with two attached hydrogens (primary N) is 1. The maximum atomic E-state index is 5.89. The lowest BCUT2D eigenvalue weighted by atomic mass is 10.1. The quantitative estimate of drug-likeness (QED) is 0.864. The topological polar surface area (TPSA) is 70.3 Å². The summed E-state index contributed by atoms with van der Waals surface area (Å²) in [5, 5.41) is 0. The van der Waals surface area contributed by atoms with Crippen LogP contribution in [-0.2, 0) is 4.74 Å². The first kappa shape index (κ1) is 12.6. The summed E-state index contributed by atoms with van der Waals surface area (Å²) in [5.41, 5.74) is 9.36. The van der Waals surface area contributed by atoms with Crippen molar-refractivity contribution in [1.82, 2.24) is 9.97 Å². The van der Waals surface area contributed by atoms with Crippen LogP contribution in [0.5, 0.6) is 5.75 Å². The van der Waals surface area contributed by atoms with Crippen LogP contribution in [0.2, 0.25) is 0 Å². The van der Waals surface area contributed by atoms with E-state index in [1.807, 2.05) is 18.2 Å². The molecule has 0 spiro atoms. The molecule has 1 aliphatic heterocycles. The first-order valence-electron chi connectivity index (χ1n) is 6.31. The second-order valence-electron chi connectivity index (χ2n) is 4.47. The van der Waals surface area contributed by atoms with Crippen LogP contribution >= 0.6 is 0 Å². The van der Waals surface area contributed by atoms with Crippen LogP contribution in [0.4, 0.5) is 5.69 Å². The molecular formula is C15H15N3O2. The zero-order chi connectivity index (χ0) is 13.9. The molecule has 0 fully saturated rings. The van der Waals surface area contributed by atoms with Gasteiger partial charge in [-0.05, 0) is 17.7 Å². The van der Waals surface area contributed by atoms with Crippen molar-refractivity contribution in [2.45, 2.75) is 0 Å². The third-order valence-corrected chi connectivity index (χ3v) is 3.22. The molecule has 5 nitrogen and oxygen atoms in total. The second kappa shape index (κ2) is 5.30. The van der Waals surface area contributed by atoms with Crippen molar-refractivity contribution in [3.05, 3.63) is 42.2 Å². The first-order chi connectivity index (χ1) is 9.79. The van der Waals surface area contributed by atoms with Crippen LogP contribution in [0.3, 0.4) is 0 Å². The van der Waals surface area contributed by atoms with E-state index in [1.54, 1.807) is 25.6 Å². The highest BCUT2D eigenvalue weighted by molar-refractivity contribution is 5.74. The zero-order valence-corrected chi connectivity index (χ0v) is 11.2. The minimum Gasteiger partial charge on any atom is -0.494 e. The number of anilines is 1. The molecule has 0 saturated heterocycles. The monoisotopic (exact) mass is 269 g/mol. The van der Waals surface area contributed by atoms with Gasteiger partial charge >= 0.3 is 0 Å². The summed E-state index contributed by atoms with van der Waals surface area (Å²) in [7, 11) is 1.59.